The van der Waals surface area contributed by atoms with Crippen LogP contribution in [0.5, 0.6) is 5.75 Å². The lowest BCUT2D eigenvalue weighted by Crippen LogP contribution is -2.76. The van der Waals surface area contributed by atoms with E-state index in [1.807, 2.05) is 18.2 Å². The van der Waals surface area contributed by atoms with Gasteiger partial charge in [0.15, 0.2) is 16.9 Å². The molecule has 9 N–H and O–H groups in total. The molecule has 23 heteroatoms. The van der Waals surface area contributed by atoms with Gasteiger partial charge < -0.3 is 46.9 Å². The molecule has 6 rings (SSSR count). The van der Waals surface area contributed by atoms with E-state index in [4.69, 9.17) is 36.7 Å². The summed E-state index contributed by atoms with van der Waals surface area (Å²) in [6.45, 7) is 7.14. The highest BCUT2D eigenvalue weighted by Crippen LogP contribution is 2.37. The summed E-state index contributed by atoms with van der Waals surface area (Å²) >= 11 is 0.965. The predicted octanol–water partition coefficient (Wildman–Crippen LogP) is -0.811. The van der Waals surface area contributed by atoms with Gasteiger partial charge in [0, 0.05) is 36.0 Å². The number of nitrogens with zero attached hydrogens (tertiary/aromatic N) is 5. The van der Waals surface area contributed by atoms with Crippen molar-refractivity contribution >= 4 is 62.7 Å². The number of anilines is 2. The molecule has 21 nitrogen and oxygen atoms in total. The number of nitrogens with one attached hydrogen (secondary N) is 1. The van der Waals surface area contributed by atoms with Crippen molar-refractivity contribution in [1.29, 1.82) is 0 Å². The molecule has 3 aliphatic heterocycles. The van der Waals surface area contributed by atoms with Crippen LogP contribution in [0.2, 0.25) is 0 Å². The third-order valence-corrected chi connectivity index (χ3v) is 10.8. The molecule has 4 atom stereocenters. The number of pyridine rings is 1. The molecule has 2 unspecified atom stereocenters. The fourth-order valence-corrected chi connectivity index (χ4v) is 7.74. The molecule has 0 bridgehead atoms. The molecule has 1 saturated heterocycles. The second-order valence-electron chi connectivity index (χ2n) is 14.0. The van der Waals surface area contributed by atoms with E-state index in [1.165, 1.54) is 26.2 Å². The summed E-state index contributed by atoms with van der Waals surface area (Å²) in [7, 11) is -5.28. The first-order chi connectivity index (χ1) is 26.9. The number of thiazole rings is 1. The summed E-state index contributed by atoms with van der Waals surface area (Å²) < 4.78 is 45.9. The first-order valence-corrected chi connectivity index (χ1v) is 19.7. The van der Waals surface area contributed by atoms with Gasteiger partial charge in [-0.05, 0) is 62.9 Å². The summed E-state index contributed by atoms with van der Waals surface area (Å²) in [6.07, 6.45) is 1.69. The van der Waals surface area contributed by atoms with Crippen molar-refractivity contribution in [3.05, 3.63) is 53.2 Å². The van der Waals surface area contributed by atoms with Crippen LogP contribution in [0.15, 0.2) is 47.1 Å². The van der Waals surface area contributed by atoms with Crippen LogP contribution in [0.25, 0.3) is 11.1 Å². The number of amides is 2. The average Bonchev–Trinajstić information content (AvgIpc) is 3.60. The molecule has 0 radical (unpaired) electrons. The fourth-order valence-electron chi connectivity index (χ4n) is 6.74. The standard InChI is InChI=1S/C33H41N9O10S2.CH2O2/c1-32(2)27(29(44)42(32)52-54(47,48)49)38-28(43)26(22-17-53-31(36)37-22)39-51-33(3,30(45)46)24-8-5-20-12-19(4-7-23(20)50-24)21-6-9-25-40(11-10-34)14-18(13-35)15-41(25)16-21;2-1-3/h4,6-7,9,12,16-18,24,27H,5,8,10-11,13-15,34-35H2,1-3H3,(H4-,36,37,38,43,45,46,47,48,49);1H,(H,2,3)/b39-26-;/t18?,24-,27?,33+;/m1./s1. The number of rotatable bonds is 13. The molecule has 0 spiro atoms. The van der Waals surface area contributed by atoms with Crippen molar-refractivity contribution < 1.29 is 60.8 Å². The number of hydroxylamine groups is 2. The number of carbonyl (C=O) groups is 4. The SMILES string of the molecule is CC1(C)C(NC(=O)/C(=N\O[C@](C)(C(=O)O)[C@H]2CCc3cc(-c4ccc5[n+](c4)CC(CN)CN5CCN)ccc3O2)c2csc(N)n2)C(=O)N1OS(=O)(=O)[O-].O=CO. The Morgan fingerprint density at radius 3 is 2.56 bits per heavy atom. The number of carboxylic acids is 1. The van der Waals surface area contributed by atoms with Gasteiger partial charge in [-0.3, -0.25) is 19.3 Å². The van der Waals surface area contributed by atoms with E-state index in [0.717, 1.165) is 53.5 Å². The van der Waals surface area contributed by atoms with Gasteiger partial charge in [-0.1, -0.05) is 11.2 Å². The van der Waals surface area contributed by atoms with Crippen LogP contribution in [-0.4, -0.2) is 113 Å². The number of hydrogen-bond acceptors (Lipinski definition) is 17. The van der Waals surface area contributed by atoms with Crippen LogP contribution in [0.3, 0.4) is 0 Å². The second-order valence-corrected chi connectivity index (χ2v) is 15.9. The van der Waals surface area contributed by atoms with Gasteiger partial charge in [0.1, 0.15) is 17.5 Å². The summed E-state index contributed by atoms with van der Waals surface area (Å²) in [6, 6.07) is 8.42. The number of carboxylic acid groups (broad SMARTS) is 2. The van der Waals surface area contributed by atoms with Crippen LogP contribution in [-0.2, 0) is 51.7 Å². The van der Waals surface area contributed by atoms with Gasteiger partial charge in [0.25, 0.3) is 29.7 Å². The normalized spacial score (nSPS) is 21.0. The van der Waals surface area contributed by atoms with Gasteiger partial charge in [-0.25, -0.2) is 22.8 Å². The molecule has 3 aliphatic rings. The molecule has 2 aromatic heterocycles. The molecule has 3 aromatic rings. The lowest BCUT2D eigenvalue weighted by Gasteiger charge is -2.51. The Hall–Kier alpha value is -5.46. The lowest BCUT2D eigenvalue weighted by molar-refractivity contribution is -0.694. The molecule has 57 heavy (non-hydrogen) atoms. The maximum Gasteiger partial charge on any atom is 0.354 e. The van der Waals surface area contributed by atoms with Crippen LogP contribution >= 0.6 is 11.3 Å². The number of benzene rings is 1. The molecule has 2 amide bonds. The van der Waals surface area contributed by atoms with E-state index in [-0.39, 0.29) is 29.6 Å². The third-order valence-electron chi connectivity index (χ3n) is 9.79. The highest BCUT2D eigenvalue weighted by molar-refractivity contribution is 7.80. The molecule has 308 valence electrons. The third kappa shape index (κ3) is 9.08. The quantitative estimate of drug-likeness (QED) is 0.0233. The van der Waals surface area contributed by atoms with Crippen molar-refractivity contribution in [2.24, 2.45) is 22.5 Å². The first-order valence-electron chi connectivity index (χ1n) is 17.4. The number of aliphatic carboxylic acids is 1. The number of nitrogens with two attached hydrogens (primary N) is 3. The molecule has 0 saturated carbocycles. The number of nitrogen functional groups attached to an aromatic ring is 1. The van der Waals surface area contributed by atoms with E-state index in [2.05, 4.69) is 41.5 Å². The molecule has 5 heterocycles. The van der Waals surface area contributed by atoms with Crippen molar-refractivity contribution in [1.82, 2.24) is 15.4 Å². The average molecular weight is 834 g/mol. The van der Waals surface area contributed by atoms with E-state index in [9.17, 15) is 32.5 Å². The Labute approximate surface area is 330 Å². The number of fused-ring (bicyclic) bond motifs is 2. The summed E-state index contributed by atoms with van der Waals surface area (Å²) in [5, 5.41) is 25.4. The maximum atomic E-state index is 13.5. The van der Waals surface area contributed by atoms with Crippen molar-refractivity contribution in [3.63, 3.8) is 0 Å². The Balaban J connectivity index is 0.00000200. The van der Waals surface area contributed by atoms with Gasteiger partial charge in [0.2, 0.25) is 10.4 Å². The number of oxime groups is 1. The lowest BCUT2D eigenvalue weighted by atomic mass is 9.84. The minimum Gasteiger partial charge on any atom is -0.724 e. The Morgan fingerprint density at radius 2 is 1.96 bits per heavy atom. The van der Waals surface area contributed by atoms with E-state index in [1.54, 1.807) is 6.07 Å². The Morgan fingerprint density at radius 1 is 1.26 bits per heavy atom. The summed E-state index contributed by atoms with van der Waals surface area (Å²) in [5.74, 6) is -1.67. The maximum absolute atomic E-state index is 13.5. The number of aryl methyl sites for hydroxylation is 1. The zero-order chi connectivity index (χ0) is 41.9. The second kappa shape index (κ2) is 17.0. The van der Waals surface area contributed by atoms with Crippen molar-refractivity contribution in [2.75, 3.05) is 36.8 Å². The number of aromatic nitrogens is 2. The van der Waals surface area contributed by atoms with Crippen molar-refractivity contribution in [3.8, 4) is 16.9 Å². The molecule has 1 aromatic carbocycles. The number of hydrogen-bond donors (Lipinski definition) is 6. The fraction of sp³-hybridized carbons (Fsp3) is 0.441. The minimum absolute atomic E-state index is 0.0562. The summed E-state index contributed by atoms with van der Waals surface area (Å²) in [4.78, 5) is 59.3. The predicted molar refractivity (Wildman–Crippen MR) is 201 cm³/mol. The summed E-state index contributed by atoms with van der Waals surface area (Å²) in [5.41, 5.74) is 16.3. The molecular formula is C34H43N9O12S2. The van der Waals surface area contributed by atoms with E-state index < -0.39 is 57.2 Å². The topological polar surface area (TPSA) is 319 Å². The first kappa shape index (κ1) is 42.7. The minimum atomic E-state index is -5.28. The zero-order valence-corrected chi connectivity index (χ0v) is 32.7. The van der Waals surface area contributed by atoms with Crippen LogP contribution < -0.4 is 36.7 Å². The largest absolute Gasteiger partial charge is 0.724 e. The van der Waals surface area contributed by atoms with Crippen LogP contribution in [0.1, 0.15) is 38.4 Å². The zero-order valence-electron chi connectivity index (χ0n) is 31.1. The number of ether oxygens (including phenoxy) is 1. The molecule has 1 fully saturated rings. The van der Waals surface area contributed by atoms with Crippen LogP contribution in [0, 0.1) is 5.92 Å². The Bertz CT molecular complexity index is 2170. The highest BCUT2D eigenvalue weighted by atomic mass is 32.3. The number of β-lactam (4-membered cyclic amide) rings is 1. The smallest absolute Gasteiger partial charge is 0.354 e. The monoisotopic (exact) mass is 833 g/mol. The van der Waals surface area contributed by atoms with Gasteiger partial charge in [0.05, 0.1) is 31.4 Å². The highest BCUT2D eigenvalue weighted by Gasteiger charge is 2.58. The molecule has 0 aliphatic carbocycles. The van der Waals surface area contributed by atoms with Crippen LogP contribution in [0.4, 0.5) is 10.9 Å². The number of carbonyl (C=O) groups excluding carboxylic acids is 2. The van der Waals surface area contributed by atoms with E-state index >= 15 is 0 Å². The Kier molecular flexibility index (Phi) is 12.7. The van der Waals surface area contributed by atoms with Gasteiger partial charge in [-0.15, -0.1) is 11.3 Å². The van der Waals surface area contributed by atoms with Crippen molar-refractivity contribution in [2.45, 2.75) is 63.4 Å². The molecular weight excluding hydrogens is 791 g/mol. The van der Waals surface area contributed by atoms with E-state index in [0.29, 0.717) is 30.3 Å². The van der Waals surface area contributed by atoms with Gasteiger partial charge >= 0.3 is 5.97 Å². The van der Waals surface area contributed by atoms with Gasteiger partial charge in [-0.2, -0.15) is 9.35 Å².